The van der Waals surface area contributed by atoms with Gasteiger partial charge >= 0.3 is 0 Å². The van der Waals surface area contributed by atoms with Crippen LogP contribution in [0.15, 0.2) is 17.8 Å². The summed E-state index contributed by atoms with van der Waals surface area (Å²) in [5.41, 5.74) is 6.84. The predicted octanol–water partition coefficient (Wildman–Crippen LogP) is 0.826. The summed E-state index contributed by atoms with van der Waals surface area (Å²) in [5.74, 6) is -0.192. The molecule has 0 bridgehead atoms. The molecule has 0 spiro atoms. The lowest BCUT2D eigenvalue weighted by Gasteiger charge is -2.10. The van der Waals surface area contributed by atoms with Crippen molar-refractivity contribution in [3.05, 3.63) is 34.0 Å². The zero-order valence-corrected chi connectivity index (χ0v) is 11.1. The molecule has 96 valence electrons. The van der Waals surface area contributed by atoms with Gasteiger partial charge in [0.1, 0.15) is 10.7 Å². The van der Waals surface area contributed by atoms with Crippen molar-refractivity contribution >= 4 is 17.2 Å². The minimum Gasteiger partial charge on any atom is -0.344 e. The minimum absolute atomic E-state index is 0.103. The third-order valence-corrected chi connectivity index (χ3v) is 3.40. The molecule has 6 nitrogen and oxygen atoms in total. The maximum absolute atomic E-state index is 11.9. The van der Waals surface area contributed by atoms with E-state index in [9.17, 15) is 4.79 Å². The Morgan fingerprint density at radius 3 is 3.00 bits per heavy atom. The summed E-state index contributed by atoms with van der Waals surface area (Å²) >= 11 is 1.39. The molecule has 0 radical (unpaired) electrons. The van der Waals surface area contributed by atoms with Crippen molar-refractivity contribution in [1.29, 1.82) is 0 Å². The second-order valence-corrected chi connectivity index (χ2v) is 4.92. The smallest absolute Gasteiger partial charge is 0.271 e. The number of aryl methyl sites for hydroxylation is 1. The number of aromatic nitrogens is 3. The third kappa shape index (κ3) is 2.74. The van der Waals surface area contributed by atoms with Gasteiger partial charge in [0.15, 0.2) is 0 Å². The van der Waals surface area contributed by atoms with Gasteiger partial charge in [-0.3, -0.25) is 9.48 Å². The van der Waals surface area contributed by atoms with Gasteiger partial charge in [0.25, 0.3) is 5.91 Å². The predicted molar refractivity (Wildman–Crippen MR) is 69.1 cm³/mol. The molecular formula is C11H15N5OS. The lowest BCUT2D eigenvalue weighted by molar-refractivity contribution is 0.0935. The number of nitrogens with one attached hydrogen (secondary N) is 1. The fourth-order valence-electron chi connectivity index (χ4n) is 1.53. The molecule has 1 amide bonds. The fourth-order valence-corrected chi connectivity index (χ4v) is 2.18. The van der Waals surface area contributed by atoms with E-state index in [1.54, 1.807) is 16.3 Å². The number of thiazole rings is 1. The van der Waals surface area contributed by atoms with E-state index in [1.807, 2.05) is 20.2 Å². The molecule has 1 unspecified atom stereocenters. The van der Waals surface area contributed by atoms with Crippen LogP contribution >= 0.6 is 11.3 Å². The zero-order valence-electron chi connectivity index (χ0n) is 10.3. The van der Waals surface area contributed by atoms with Gasteiger partial charge in [0.2, 0.25) is 0 Å². The van der Waals surface area contributed by atoms with E-state index >= 15 is 0 Å². The molecule has 0 aromatic carbocycles. The Morgan fingerprint density at radius 2 is 2.44 bits per heavy atom. The average Bonchev–Trinajstić information content (AvgIpc) is 2.97. The standard InChI is InChI=1S/C11H15N5OS/c1-7(8-4-13-16(2)5-8)14-11(17)9-6-18-10(3-12)15-9/h4-7H,3,12H2,1-2H3,(H,14,17). The molecule has 0 aliphatic heterocycles. The van der Waals surface area contributed by atoms with Crippen LogP contribution in [0.1, 0.15) is 34.0 Å². The molecule has 1 atom stereocenters. The van der Waals surface area contributed by atoms with E-state index in [-0.39, 0.29) is 11.9 Å². The van der Waals surface area contributed by atoms with Crippen LogP contribution in [-0.4, -0.2) is 20.7 Å². The molecule has 2 aromatic heterocycles. The third-order valence-electron chi connectivity index (χ3n) is 2.53. The first kappa shape index (κ1) is 12.7. The largest absolute Gasteiger partial charge is 0.344 e. The van der Waals surface area contributed by atoms with Gasteiger partial charge in [-0.1, -0.05) is 0 Å². The number of hydrogen-bond acceptors (Lipinski definition) is 5. The first-order chi connectivity index (χ1) is 8.60. The molecule has 0 saturated carbocycles. The summed E-state index contributed by atoms with van der Waals surface area (Å²) in [6, 6.07) is -0.103. The molecule has 2 rings (SSSR count). The highest BCUT2D eigenvalue weighted by atomic mass is 32.1. The summed E-state index contributed by atoms with van der Waals surface area (Å²) in [6.45, 7) is 2.27. The highest BCUT2D eigenvalue weighted by Crippen LogP contribution is 2.13. The first-order valence-electron chi connectivity index (χ1n) is 5.54. The van der Waals surface area contributed by atoms with Gasteiger partial charge < -0.3 is 11.1 Å². The topological polar surface area (TPSA) is 85.8 Å². The van der Waals surface area contributed by atoms with Crippen molar-refractivity contribution in [2.75, 3.05) is 0 Å². The first-order valence-corrected chi connectivity index (χ1v) is 6.42. The van der Waals surface area contributed by atoms with Crippen LogP contribution in [-0.2, 0) is 13.6 Å². The normalized spacial score (nSPS) is 12.4. The Kier molecular flexibility index (Phi) is 3.73. The summed E-state index contributed by atoms with van der Waals surface area (Å²) < 4.78 is 1.70. The Labute approximate surface area is 109 Å². The summed E-state index contributed by atoms with van der Waals surface area (Å²) in [7, 11) is 1.84. The van der Waals surface area contributed by atoms with Gasteiger partial charge in [-0.2, -0.15) is 5.10 Å². The Bertz CT molecular complexity index is 547. The molecule has 2 aromatic rings. The number of carbonyl (C=O) groups excluding carboxylic acids is 1. The van der Waals surface area contributed by atoms with Crippen molar-refractivity contribution in [3.8, 4) is 0 Å². The van der Waals surface area contributed by atoms with Crippen LogP contribution < -0.4 is 11.1 Å². The maximum atomic E-state index is 11.9. The van der Waals surface area contributed by atoms with Crippen LogP contribution in [0.2, 0.25) is 0 Å². The second kappa shape index (κ2) is 5.28. The van der Waals surface area contributed by atoms with Gasteiger partial charge in [-0.15, -0.1) is 11.3 Å². The molecule has 3 N–H and O–H groups in total. The lowest BCUT2D eigenvalue weighted by atomic mass is 10.2. The van der Waals surface area contributed by atoms with Crippen LogP contribution in [0.4, 0.5) is 0 Å². The highest BCUT2D eigenvalue weighted by molar-refractivity contribution is 7.09. The lowest BCUT2D eigenvalue weighted by Crippen LogP contribution is -2.26. The van der Waals surface area contributed by atoms with E-state index < -0.39 is 0 Å². The fraction of sp³-hybridized carbons (Fsp3) is 0.364. The van der Waals surface area contributed by atoms with Crippen LogP contribution in [0, 0.1) is 0 Å². The van der Waals surface area contributed by atoms with Gasteiger partial charge in [0, 0.05) is 30.7 Å². The molecule has 0 fully saturated rings. The maximum Gasteiger partial charge on any atom is 0.271 e. The number of carbonyl (C=O) groups is 1. The van der Waals surface area contributed by atoms with E-state index in [0.717, 1.165) is 10.6 Å². The highest BCUT2D eigenvalue weighted by Gasteiger charge is 2.15. The SMILES string of the molecule is CC(NC(=O)c1csc(CN)n1)c1cnn(C)c1. The number of amides is 1. The zero-order chi connectivity index (χ0) is 13.1. The van der Waals surface area contributed by atoms with Crippen LogP contribution in [0.25, 0.3) is 0 Å². The van der Waals surface area contributed by atoms with Gasteiger partial charge in [-0.05, 0) is 6.92 Å². The summed E-state index contributed by atoms with van der Waals surface area (Å²) in [5, 5.41) is 9.42. The molecule has 0 saturated heterocycles. The Morgan fingerprint density at radius 1 is 1.67 bits per heavy atom. The summed E-state index contributed by atoms with van der Waals surface area (Å²) in [4.78, 5) is 16.1. The monoisotopic (exact) mass is 265 g/mol. The quantitative estimate of drug-likeness (QED) is 0.857. The van der Waals surface area contributed by atoms with E-state index in [1.165, 1.54) is 11.3 Å². The van der Waals surface area contributed by atoms with E-state index in [2.05, 4.69) is 15.4 Å². The van der Waals surface area contributed by atoms with Crippen molar-refractivity contribution in [2.45, 2.75) is 19.5 Å². The Hall–Kier alpha value is -1.73. The van der Waals surface area contributed by atoms with Crippen molar-refractivity contribution in [3.63, 3.8) is 0 Å². The second-order valence-electron chi connectivity index (χ2n) is 3.97. The molecule has 7 heteroatoms. The molecule has 0 aliphatic rings. The minimum atomic E-state index is -0.192. The van der Waals surface area contributed by atoms with Gasteiger partial charge in [0.05, 0.1) is 12.2 Å². The van der Waals surface area contributed by atoms with Crippen molar-refractivity contribution in [1.82, 2.24) is 20.1 Å². The average molecular weight is 265 g/mol. The number of nitrogens with two attached hydrogens (primary N) is 1. The molecule has 0 aliphatic carbocycles. The summed E-state index contributed by atoms with van der Waals surface area (Å²) in [6.07, 6.45) is 3.61. The molecule has 18 heavy (non-hydrogen) atoms. The van der Waals surface area contributed by atoms with Crippen LogP contribution in [0.3, 0.4) is 0 Å². The van der Waals surface area contributed by atoms with Crippen molar-refractivity contribution in [2.24, 2.45) is 12.8 Å². The van der Waals surface area contributed by atoms with Crippen molar-refractivity contribution < 1.29 is 4.79 Å². The van der Waals surface area contributed by atoms with E-state index in [4.69, 9.17) is 5.73 Å². The molecule has 2 heterocycles. The Balaban J connectivity index is 2.02. The number of hydrogen-bond donors (Lipinski definition) is 2. The molecular weight excluding hydrogens is 250 g/mol. The van der Waals surface area contributed by atoms with E-state index in [0.29, 0.717) is 12.2 Å². The number of nitrogens with zero attached hydrogens (tertiary/aromatic N) is 3. The van der Waals surface area contributed by atoms with Crippen LogP contribution in [0.5, 0.6) is 0 Å². The number of rotatable bonds is 4. The van der Waals surface area contributed by atoms with Gasteiger partial charge in [-0.25, -0.2) is 4.98 Å².